The molecule has 1 fully saturated rings. The van der Waals surface area contributed by atoms with Crippen molar-refractivity contribution in [1.29, 1.82) is 0 Å². The molecule has 0 bridgehead atoms. The fourth-order valence-electron chi connectivity index (χ4n) is 3.87. The molecule has 142 valence electrons. The number of aldehydes is 1. The van der Waals surface area contributed by atoms with E-state index < -0.39 is 4.92 Å². The van der Waals surface area contributed by atoms with Gasteiger partial charge in [-0.25, -0.2) is 0 Å². The van der Waals surface area contributed by atoms with Crippen molar-refractivity contribution in [2.45, 2.75) is 26.8 Å². The summed E-state index contributed by atoms with van der Waals surface area (Å²) in [6, 6.07) is 11.5. The third kappa shape index (κ3) is 4.01. The third-order valence-corrected chi connectivity index (χ3v) is 5.41. The van der Waals surface area contributed by atoms with Crippen LogP contribution in [0, 0.1) is 24.0 Å². The Balaban J connectivity index is 1.74. The van der Waals surface area contributed by atoms with E-state index in [1.54, 1.807) is 12.1 Å². The van der Waals surface area contributed by atoms with E-state index >= 15 is 0 Å². The molecule has 1 aliphatic heterocycles. The van der Waals surface area contributed by atoms with Crippen molar-refractivity contribution < 1.29 is 9.72 Å². The minimum atomic E-state index is -0.410. The Hall–Kier alpha value is -2.73. The first-order valence-electron chi connectivity index (χ1n) is 9.20. The van der Waals surface area contributed by atoms with E-state index in [1.165, 1.54) is 22.8 Å². The SMILES string of the molecule is Cc1ccc(C(C)N2CCN(c3ccc(C=O)cc3[N+](=O)[O-])CC2)c(C)c1. The van der Waals surface area contributed by atoms with Crippen LogP contribution in [0.4, 0.5) is 11.4 Å². The van der Waals surface area contributed by atoms with Crippen LogP contribution in [0.3, 0.4) is 0 Å². The van der Waals surface area contributed by atoms with Gasteiger partial charge in [0.1, 0.15) is 12.0 Å². The van der Waals surface area contributed by atoms with Gasteiger partial charge in [0.15, 0.2) is 0 Å². The van der Waals surface area contributed by atoms with Crippen LogP contribution in [-0.2, 0) is 0 Å². The Kier molecular flexibility index (Phi) is 5.56. The summed E-state index contributed by atoms with van der Waals surface area (Å²) in [6.07, 6.45) is 0.639. The molecule has 1 atom stereocenters. The van der Waals surface area contributed by atoms with Gasteiger partial charge in [-0.1, -0.05) is 23.8 Å². The molecular weight excluding hydrogens is 342 g/mol. The van der Waals surface area contributed by atoms with Crippen LogP contribution in [0.1, 0.15) is 40.0 Å². The van der Waals surface area contributed by atoms with Crippen LogP contribution >= 0.6 is 0 Å². The Bertz CT molecular complexity index is 858. The number of piperazine rings is 1. The number of nitro benzene ring substituents is 1. The van der Waals surface area contributed by atoms with E-state index in [1.807, 2.05) is 4.90 Å². The number of hydrogen-bond donors (Lipinski definition) is 0. The molecule has 27 heavy (non-hydrogen) atoms. The summed E-state index contributed by atoms with van der Waals surface area (Å²) in [5, 5.41) is 11.4. The highest BCUT2D eigenvalue weighted by Gasteiger charge is 2.27. The predicted molar refractivity (Wildman–Crippen MR) is 107 cm³/mol. The highest BCUT2D eigenvalue weighted by Crippen LogP contribution is 2.31. The van der Waals surface area contributed by atoms with Crippen LogP contribution in [0.5, 0.6) is 0 Å². The summed E-state index contributed by atoms with van der Waals surface area (Å²) in [5.74, 6) is 0. The molecule has 3 rings (SSSR count). The average molecular weight is 367 g/mol. The minimum Gasteiger partial charge on any atom is -0.363 e. The van der Waals surface area contributed by atoms with Gasteiger partial charge in [-0.2, -0.15) is 0 Å². The van der Waals surface area contributed by atoms with Gasteiger partial charge >= 0.3 is 0 Å². The molecule has 2 aromatic rings. The number of rotatable bonds is 5. The second kappa shape index (κ2) is 7.88. The van der Waals surface area contributed by atoms with Gasteiger partial charge in [-0.05, 0) is 44.0 Å². The first-order chi connectivity index (χ1) is 12.9. The number of aryl methyl sites for hydroxylation is 2. The molecule has 0 spiro atoms. The molecule has 1 saturated heterocycles. The number of nitrogens with zero attached hydrogens (tertiary/aromatic N) is 3. The first kappa shape index (κ1) is 19.0. The van der Waals surface area contributed by atoms with Gasteiger partial charge in [-0.15, -0.1) is 0 Å². The number of hydrogen-bond acceptors (Lipinski definition) is 5. The van der Waals surface area contributed by atoms with Crippen molar-refractivity contribution in [3.63, 3.8) is 0 Å². The topological polar surface area (TPSA) is 66.7 Å². The lowest BCUT2D eigenvalue weighted by Gasteiger charge is -2.39. The highest BCUT2D eigenvalue weighted by molar-refractivity contribution is 5.79. The maximum absolute atomic E-state index is 11.4. The quantitative estimate of drug-likeness (QED) is 0.455. The van der Waals surface area contributed by atoms with Crippen molar-refractivity contribution in [3.05, 3.63) is 68.8 Å². The Morgan fingerprint density at radius 2 is 1.78 bits per heavy atom. The number of carbonyl (C=O) groups is 1. The molecule has 0 aromatic heterocycles. The van der Waals surface area contributed by atoms with Crippen LogP contribution < -0.4 is 4.90 Å². The number of carbonyl (C=O) groups excluding carboxylic acids is 1. The second-order valence-corrected chi connectivity index (χ2v) is 7.18. The van der Waals surface area contributed by atoms with Crippen LogP contribution in [0.15, 0.2) is 36.4 Å². The molecule has 1 heterocycles. The third-order valence-electron chi connectivity index (χ3n) is 5.41. The van der Waals surface area contributed by atoms with Crippen molar-refractivity contribution in [2.24, 2.45) is 0 Å². The van der Waals surface area contributed by atoms with Gasteiger partial charge < -0.3 is 4.90 Å². The van der Waals surface area contributed by atoms with E-state index in [2.05, 4.69) is 43.9 Å². The molecule has 0 radical (unpaired) electrons. The second-order valence-electron chi connectivity index (χ2n) is 7.18. The number of benzene rings is 2. The fourth-order valence-corrected chi connectivity index (χ4v) is 3.87. The van der Waals surface area contributed by atoms with Crippen molar-refractivity contribution in [2.75, 3.05) is 31.1 Å². The summed E-state index contributed by atoms with van der Waals surface area (Å²) in [5.41, 5.74) is 4.80. The largest absolute Gasteiger partial charge is 0.363 e. The average Bonchev–Trinajstić information content (AvgIpc) is 2.67. The van der Waals surface area contributed by atoms with Crippen LogP contribution in [-0.4, -0.2) is 42.3 Å². The molecule has 0 aliphatic carbocycles. The van der Waals surface area contributed by atoms with E-state index in [0.717, 1.165) is 26.2 Å². The lowest BCUT2D eigenvalue weighted by Crippen LogP contribution is -2.47. The first-order valence-corrected chi connectivity index (χ1v) is 9.20. The lowest BCUT2D eigenvalue weighted by molar-refractivity contribution is -0.384. The molecule has 2 aromatic carbocycles. The minimum absolute atomic E-state index is 0.00419. The van der Waals surface area contributed by atoms with E-state index in [-0.39, 0.29) is 5.69 Å². The molecule has 6 nitrogen and oxygen atoms in total. The zero-order valence-corrected chi connectivity index (χ0v) is 16.0. The molecule has 0 amide bonds. The summed E-state index contributed by atoms with van der Waals surface area (Å²) < 4.78 is 0. The van der Waals surface area contributed by atoms with Gasteiger partial charge in [0, 0.05) is 43.9 Å². The summed E-state index contributed by atoms with van der Waals surface area (Å²) in [7, 11) is 0. The van der Waals surface area contributed by atoms with Gasteiger partial charge in [0.05, 0.1) is 4.92 Å². The number of nitro groups is 1. The summed E-state index contributed by atoms with van der Waals surface area (Å²) in [4.78, 5) is 26.4. The Morgan fingerprint density at radius 1 is 1.07 bits per heavy atom. The smallest absolute Gasteiger partial charge is 0.293 e. The molecule has 0 N–H and O–H groups in total. The van der Waals surface area contributed by atoms with E-state index in [0.29, 0.717) is 23.6 Å². The maximum atomic E-state index is 11.4. The van der Waals surface area contributed by atoms with Gasteiger partial charge in [-0.3, -0.25) is 19.8 Å². The van der Waals surface area contributed by atoms with Crippen molar-refractivity contribution in [3.8, 4) is 0 Å². The Labute approximate surface area is 159 Å². The zero-order valence-electron chi connectivity index (χ0n) is 16.0. The standard InChI is InChI=1S/C21H25N3O3/c1-15-4-6-19(16(2)12-15)17(3)22-8-10-23(11-9-22)20-7-5-18(14-25)13-21(20)24(26)27/h4-7,12-14,17H,8-11H2,1-3H3. The van der Waals surface area contributed by atoms with Crippen molar-refractivity contribution in [1.82, 2.24) is 4.90 Å². The van der Waals surface area contributed by atoms with Gasteiger partial charge in [0.25, 0.3) is 5.69 Å². The Morgan fingerprint density at radius 3 is 2.37 bits per heavy atom. The monoisotopic (exact) mass is 367 g/mol. The predicted octanol–water partition coefficient (Wildman–Crippen LogP) is 3.91. The molecule has 1 unspecified atom stereocenters. The van der Waals surface area contributed by atoms with Crippen LogP contribution in [0.2, 0.25) is 0 Å². The van der Waals surface area contributed by atoms with Gasteiger partial charge in [0.2, 0.25) is 0 Å². The molecular formula is C21H25N3O3. The zero-order chi connectivity index (χ0) is 19.6. The number of anilines is 1. The lowest BCUT2D eigenvalue weighted by atomic mass is 9.98. The summed E-state index contributed by atoms with van der Waals surface area (Å²) in [6.45, 7) is 9.57. The van der Waals surface area contributed by atoms with Crippen molar-refractivity contribution >= 4 is 17.7 Å². The normalized spacial score (nSPS) is 16.2. The highest BCUT2D eigenvalue weighted by atomic mass is 16.6. The molecule has 1 aliphatic rings. The van der Waals surface area contributed by atoms with E-state index in [4.69, 9.17) is 0 Å². The van der Waals surface area contributed by atoms with E-state index in [9.17, 15) is 14.9 Å². The molecule has 6 heteroatoms. The summed E-state index contributed by atoms with van der Waals surface area (Å²) >= 11 is 0. The maximum Gasteiger partial charge on any atom is 0.293 e. The molecule has 0 saturated carbocycles. The van der Waals surface area contributed by atoms with Crippen LogP contribution in [0.25, 0.3) is 0 Å². The fraction of sp³-hybridized carbons (Fsp3) is 0.381.